The quantitative estimate of drug-likeness (QED) is 0.636. The number of nitrogens with zero attached hydrogens (tertiary/aromatic N) is 1. The molecule has 1 fully saturated rings. The van der Waals surface area contributed by atoms with Crippen molar-refractivity contribution in [2.75, 3.05) is 25.0 Å². The van der Waals surface area contributed by atoms with Crippen molar-refractivity contribution in [1.82, 2.24) is 4.90 Å². The zero-order valence-electron chi connectivity index (χ0n) is 15.5. The van der Waals surface area contributed by atoms with Gasteiger partial charge in [0.1, 0.15) is 11.4 Å². The standard InChI is InChI=1S/C22H22N2O4/c1-2-20(26)23-18-13-16(7-8-19(18)25)21(27)24-11-12-28-22(14-24)10-9-15-5-3-4-6-17(15)22/h2-8,13,25H,1,9-12,14H2,(H,23,26). The number of nitrogens with one attached hydrogen (secondary N) is 1. The zero-order valence-corrected chi connectivity index (χ0v) is 15.5. The second kappa shape index (κ2) is 7.13. The SMILES string of the molecule is C=CC(=O)Nc1cc(C(=O)N2CCOC3(CCc4ccccc43)C2)ccc1O. The zero-order chi connectivity index (χ0) is 19.7. The highest BCUT2D eigenvalue weighted by atomic mass is 16.5. The van der Waals surface area contributed by atoms with Crippen molar-refractivity contribution in [1.29, 1.82) is 0 Å². The molecule has 1 aliphatic carbocycles. The third-order valence-corrected chi connectivity index (χ3v) is 5.47. The Labute approximate surface area is 163 Å². The minimum atomic E-state index is -0.457. The van der Waals surface area contributed by atoms with E-state index in [0.717, 1.165) is 24.5 Å². The fourth-order valence-corrected chi connectivity index (χ4v) is 4.06. The van der Waals surface area contributed by atoms with Crippen molar-refractivity contribution in [3.05, 3.63) is 71.8 Å². The van der Waals surface area contributed by atoms with E-state index in [0.29, 0.717) is 25.3 Å². The van der Waals surface area contributed by atoms with Crippen molar-refractivity contribution >= 4 is 17.5 Å². The Hall–Kier alpha value is -3.12. The third-order valence-electron chi connectivity index (χ3n) is 5.47. The Kier molecular flexibility index (Phi) is 4.65. The van der Waals surface area contributed by atoms with Gasteiger partial charge in [-0.25, -0.2) is 0 Å². The van der Waals surface area contributed by atoms with Crippen LogP contribution >= 0.6 is 0 Å². The number of phenolic OH excluding ortho intramolecular Hbond substituents is 1. The Morgan fingerprint density at radius 1 is 1.25 bits per heavy atom. The second-order valence-electron chi connectivity index (χ2n) is 7.15. The number of rotatable bonds is 3. The number of phenols is 1. The molecule has 1 aliphatic heterocycles. The number of morpholine rings is 1. The summed E-state index contributed by atoms with van der Waals surface area (Å²) in [5.74, 6) is -0.705. The summed E-state index contributed by atoms with van der Waals surface area (Å²) in [6, 6.07) is 12.7. The molecule has 2 aliphatic rings. The van der Waals surface area contributed by atoms with Crippen LogP contribution in [0.1, 0.15) is 27.9 Å². The van der Waals surface area contributed by atoms with Gasteiger partial charge in [0.2, 0.25) is 5.91 Å². The molecule has 4 rings (SSSR count). The molecule has 1 heterocycles. The number of hydrogen-bond acceptors (Lipinski definition) is 4. The molecule has 144 valence electrons. The van der Waals surface area contributed by atoms with E-state index in [1.807, 2.05) is 12.1 Å². The molecule has 0 bridgehead atoms. The van der Waals surface area contributed by atoms with Gasteiger partial charge in [-0.3, -0.25) is 9.59 Å². The van der Waals surface area contributed by atoms with E-state index >= 15 is 0 Å². The Bertz CT molecular complexity index is 951. The third kappa shape index (κ3) is 3.16. The maximum atomic E-state index is 13.1. The van der Waals surface area contributed by atoms with Gasteiger partial charge in [-0.2, -0.15) is 0 Å². The van der Waals surface area contributed by atoms with Crippen LogP contribution in [0, 0.1) is 0 Å². The molecule has 1 saturated heterocycles. The largest absolute Gasteiger partial charge is 0.506 e. The van der Waals surface area contributed by atoms with E-state index in [4.69, 9.17) is 4.74 Å². The predicted molar refractivity (Wildman–Crippen MR) is 105 cm³/mol. The Balaban J connectivity index is 1.58. The van der Waals surface area contributed by atoms with Crippen molar-refractivity contribution < 1.29 is 19.4 Å². The lowest BCUT2D eigenvalue weighted by atomic mass is 9.93. The number of anilines is 1. The molecule has 0 radical (unpaired) electrons. The van der Waals surface area contributed by atoms with Gasteiger partial charge in [0.15, 0.2) is 0 Å². The Morgan fingerprint density at radius 3 is 2.89 bits per heavy atom. The summed E-state index contributed by atoms with van der Waals surface area (Å²) in [5, 5.41) is 12.5. The van der Waals surface area contributed by atoms with Crippen LogP contribution < -0.4 is 5.32 Å². The molecule has 2 N–H and O–H groups in total. The first-order chi connectivity index (χ1) is 13.5. The summed E-state index contributed by atoms with van der Waals surface area (Å²) in [4.78, 5) is 26.5. The average molecular weight is 378 g/mol. The number of carbonyl (C=O) groups is 2. The number of fused-ring (bicyclic) bond motifs is 2. The van der Waals surface area contributed by atoms with Gasteiger partial charge in [-0.15, -0.1) is 0 Å². The van der Waals surface area contributed by atoms with Gasteiger partial charge < -0.3 is 20.1 Å². The van der Waals surface area contributed by atoms with Gasteiger partial charge in [-0.1, -0.05) is 30.8 Å². The smallest absolute Gasteiger partial charge is 0.254 e. The molecule has 2 aromatic rings. The lowest BCUT2D eigenvalue weighted by Gasteiger charge is -2.41. The van der Waals surface area contributed by atoms with Crippen LogP contribution in [-0.4, -0.2) is 41.5 Å². The normalized spacial score (nSPS) is 20.6. The number of aryl methyl sites for hydroxylation is 1. The van der Waals surface area contributed by atoms with E-state index in [2.05, 4.69) is 24.0 Å². The van der Waals surface area contributed by atoms with Crippen molar-refractivity contribution in [2.24, 2.45) is 0 Å². The number of aromatic hydroxyl groups is 1. The van der Waals surface area contributed by atoms with Crippen molar-refractivity contribution in [3.8, 4) is 5.75 Å². The fraction of sp³-hybridized carbons (Fsp3) is 0.273. The lowest BCUT2D eigenvalue weighted by Crippen LogP contribution is -2.51. The highest BCUT2D eigenvalue weighted by molar-refractivity contribution is 6.02. The highest BCUT2D eigenvalue weighted by Gasteiger charge is 2.44. The number of amides is 2. The van der Waals surface area contributed by atoms with Crippen molar-refractivity contribution in [2.45, 2.75) is 18.4 Å². The van der Waals surface area contributed by atoms with Gasteiger partial charge in [0.25, 0.3) is 5.91 Å². The minimum absolute atomic E-state index is 0.102. The lowest BCUT2D eigenvalue weighted by molar-refractivity contribution is -0.111. The summed E-state index contributed by atoms with van der Waals surface area (Å²) < 4.78 is 6.18. The molecule has 6 nitrogen and oxygen atoms in total. The summed E-state index contributed by atoms with van der Waals surface area (Å²) in [6.45, 7) is 4.85. The van der Waals surface area contributed by atoms with Gasteiger partial charge in [0, 0.05) is 12.1 Å². The molecule has 1 atom stereocenters. The van der Waals surface area contributed by atoms with Crippen molar-refractivity contribution in [3.63, 3.8) is 0 Å². The molecular formula is C22H22N2O4. The molecule has 28 heavy (non-hydrogen) atoms. The van der Waals surface area contributed by atoms with Gasteiger partial charge in [-0.05, 0) is 48.2 Å². The molecule has 6 heteroatoms. The van der Waals surface area contributed by atoms with Crippen LogP contribution in [0.15, 0.2) is 55.1 Å². The van der Waals surface area contributed by atoms with E-state index in [9.17, 15) is 14.7 Å². The molecular weight excluding hydrogens is 356 g/mol. The number of hydrogen-bond donors (Lipinski definition) is 2. The molecule has 0 aromatic heterocycles. The Morgan fingerprint density at radius 2 is 2.07 bits per heavy atom. The first kappa shape index (κ1) is 18.3. The van der Waals surface area contributed by atoms with Crippen LogP contribution in [-0.2, 0) is 21.6 Å². The molecule has 1 spiro atoms. The fourth-order valence-electron chi connectivity index (χ4n) is 4.06. The molecule has 2 amide bonds. The van der Waals surface area contributed by atoms with Crippen LogP contribution in [0.25, 0.3) is 0 Å². The van der Waals surface area contributed by atoms with E-state index < -0.39 is 11.5 Å². The second-order valence-corrected chi connectivity index (χ2v) is 7.15. The first-order valence-electron chi connectivity index (χ1n) is 9.30. The van der Waals surface area contributed by atoms with Crippen LogP contribution in [0.4, 0.5) is 5.69 Å². The van der Waals surface area contributed by atoms with E-state index in [1.54, 1.807) is 11.0 Å². The molecule has 0 saturated carbocycles. The van der Waals surface area contributed by atoms with Gasteiger partial charge >= 0.3 is 0 Å². The number of carbonyl (C=O) groups excluding carboxylic acids is 2. The first-order valence-corrected chi connectivity index (χ1v) is 9.30. The molecule has 2 aromatic carbocycles. The summed E-state index contributed by atoms with van der Waals surface area (Å²) in [6.07, 6.45) is 2.90. The molecule has 1 unspecified atom stereocenters. The summed E-state index contributed by atoms with van der Waals surface area (Å²) in [7, 11) is 0. The number of ether oxygens (including phenoxy) is 1. The predicted octanol–water partition coefficient (Wildman–Crippen LogP) is 2.83. The highest BCUT2D eigenvalue weighted by Crippen LogP contribution is 2.42. The monoisotopic (exact) mass is 378 g/mol. The number of benzene rings is 2. The van der Waals surface area contributed by atoms with E-state index in [-0.39, 0.29) is 17.3 Å². The maximum absolute atomic E-state index is 13.1. The average Bonchev–Trinajstić information content (AvgIpc) is 3.07. The maximum Gasteiger partial charge on any atom is 0.254 e. The van der Waals surface area contributed by atoms with E-state index in [1.165, 1.54) is 17.7 Å². The van der Waals surface area contributed by atoms with Crippen LogP contribution in [0.3, 0.4) is 0 Å². The van der Waals surface area contributed by atoms with Gasteiger partial charge in [0.05, 0.1) is 18.8 Å². The minimum Gasteiger partial charge on any atom is -0.506 e. The summed E-state index contributed by atoms with van der Waals surface area (Å²) >= 11 is 0. The van der Waals surface area contributed by atoms with Crippen LogP contribution in [0.2, 0.25) is 0 Å². The summed E-state index contributed by atoms with van der Waals surface area (Å²) in [5.41, 5.74) is 2.57. The van der Waals surface area contributed by atoms with Crippen LogP contribution in [0.5, 0.6) is 5.75 Å². The topological polar surface area (TPSA) is 78.9 Å².